The Morgan fingerprint density at radius 2 is 1.83 bits per heavy atom. The fourth-order valence-electron chi connectivity index (χ4n) is 4.05. The molecule has 0 N–H and O–H groups in total. The van der Waals surface area contributed by atoms with E-state index in [-0.39, 0.29) is 11.0 Å². The molecule has 0 radical (unpaired) electrons. The number of halogens is 3. The lowest BCUT2D eigenvalue weighted by Gasteiger charge is -2.30. The van der Waals surface area contributed by atoms with Crippen molar-refractivity contribution in [3.05, 3.63) is 47.8 Å². The maximum absolute atomic E-state index is 13.7. The summed E-state index contributed by atoms with van der Waals surface area (Å²) >= 11 is 0. The number of benzene rings is 2. The third kappa shape index (κ3) is 3.14. The lowest BCUT2D eigenvalue weighted by molar-refractivity contribution is -0.147. The summed E-state index contributed by atoms with van der Waals surface area (Å²) in [5.74, 6) is -0.830. The Morgan fingerprint density at radius 1 is 1.10 bits per heavy atom. The molecule has 2 aromatic carbocycles. The first-order valence-electron chi connectivity index (χ1n) is 9.67. The molecule has 9 heteroatoms. The predicted octanol–water partition coefficient (Wildman–Crippen LogP) is 3.81. The fourth-order valence-corrected chi connectivity index (χ4v) is 4.05. The summed E-state index contributed by atoms with van der Waals surface area (Å²) in [6, 6.07) is 10.4. The Balaban J connectivity index is 1.57. The van der Waals surface area contributed by atoms with Gasteiger partial charge in [-0.15, -0.1) is 0 Å². The number of rotatable bonds is 2. The van der Waals surface area contributed by atoms with E-state index in [0.29, 0.717) is 31.3 Å². The van der Waals surface area contributed by atoms with Gasteiger partial charge in [0, 0.05) is 24.4 Å². The Bertz CT molecular complexity index is 1140. The summed E-state index contributed by atoms with van der Waals surface area (Å²) in [6.45, 7) is 0.621. The standard InChI is InChI=1S/C21H18F3N3O3/c22-21(23,24)20-25-14-10-17-18(30-9-8-29-17)11-16(14)27(20)12-19(28)26-7-3-5-13-4-1-2-6-15(13)26/h1-2,4,6,10-11H,3,5,7-9,12H2. The van der Waals surface area contributed by atoms with E-state index in [2.05, 4.69) is 4.98 Å². The molecule has 1 aromatic heterocycles. The van der Waals surface area contributed by atoms with Crippen molar-refractivity contribution < 1.29 is 27.4 Å². The van der Waals surface area contributed by atoms with Crippen LogP contribution in [0.5, 0.6) is 11.5 Å². The van der Waals surface area contributed by atoms with Crippen molar-refractivity contribution >= 4 is 22.6 Å². The van der Waals surface area contributed by atoms with Gasteiger partial charge in [0.1, 0.15) is 19.8 Å². The summed E-state index contributed by atoms with van der Waals surface area (Å²) < 4.78 is 53.1. The smallest absolute Gasteiger partial charge is 0.449 e. The highest BCUT2D eigenvalue weighted by Crippen LogP contribution is 2.38. The van der Waals surface area contributed by atoms with Crippen LogP contribution in [0.3, 0.4) is 0 Å². The molecule has 2 aliphatic rings. The van der Waals surface area contributed by atoms with Gasteiger partial charge in [-0.05, 0) is 24.5 Å². The van der Waals surface area contributed by atoms with Gasteiger partial charge in [-0.2, -0.15) is 13.2 Å². The van der Waals surface area contributed by atoms with Crippen molar-refractivity contribution in [1.82, 2.24) is 9.55 Å². The molecule has 0 spiro atoms. The number of carbonyl (C=O) groups excluding carboxylic acids is 1. The molecular weight excluding hydrogens is 399 g/mol. The van der Waals surface area contributed by atoms with Gasteiger partial charge in [0.25, 0.3) is 0 Å². The number of aromatic nitrogens is 2. The molecule has 3 aromatic rings. The summed E-state index contributed by atoms with van der Waals surface area (Å²) in [6.07, 6.45) is -3.11. The molecule has 0 bridgehead atoms. The number of carbonyl (C=O) groups is 1. The molecule has 0 aliphatic carbocycles. The van der Waals surface area contributed by atoms with Crippen LogP contribution in [-0.2, 0) is 23.9 Å². The van der Waals surface area contributed by atoms with E-state index in [0.717, 1.165) is 28.7 Å². The zero-order valence-electron chi connectivity index (χ0n) is 15.9. The molecule has 2 aliphatic heterocycles. The lowest BCUT2D eigenvalue weighted by Crippen LogP contribution is -2.38. The molecule has 30 heavy (non-hydrogen) atoms. The molecule has 0 saturated carbocycles. The molecular formula is C21H18F3N3O3. The number of para-hydroxylation sites is 1. The quantitative estimate of drug-likeness (QED) is 0.637. The molecule has 5 rings (SSSR count). The fraction of sp³-hybridized carbons (Fsp3) is 0.333. The maximum atomic E-state index is 13.7. The highest BCUT2D eigenvalue weighted by molar-refractivity contribution is 5.95. The average molecular weight is 417 g/mol. The average Bonchev–Trinajstić information content (AvgIpc) is 3.09. The van der Waals surface area contributed by atoms with Crippen LogP contribution in [-0.4, -0.2) is 35.2 Å². The van der Waals surface area contributed by atoms with E-state index in [1.807, 2.05) is 24.3 Å². The number of anilines is 1. The van der Waals surface area contributed by atoms with Gasteiger partial charge >= 0.3 is 6.18 Å². The number of hydrogen-bond donors (Lipinski definition) is 0. The van der Waals surface area contributed by atoms with Crippen molar-refractivity contribution in [2.24, 2.45) is 0 Å². The largest absolute Gasteiger partial charge is 0.486 e. The second-order valence-electron chi connectivity index (χ2n) is 7.28. The van der Waals surface area contributed by atoms with E-state index in [9.17, 15) is 18.0 Å². The minimum atomic E-state index is -4.71. The Morgan fingerprint density at radius 3 is 2.60 bits per heavy atom. The van der Waals surface area contributed by atoms with Gasteiger partial charge in [0.15, 0.2) is 11.5 Å². The number of hydrogen-bond acceptors (Lipinski definition) is 4. The van der Waals surface area contributed by atoms with E-state index in [1.54, 1.807) is 4.90 Å². The molecule has 6 nitrogen and oxygen atoms in total. The summed E-state index contributed by atoms with van der Waals surface area (Å²) in [7, 11) is 0. The third-order valence-corrected chi connectivity index (χ3v) is 5.37. The first kappa shape index (κ1) is 18.8. The summed E-state index contributed by atoms with van der Waals surface area (Å²) in [5, 5.41) is 0. The topological polar surface area (TPSA) is 56.6 Å². The van der Waals surface area contributed by atoms with Crippen molar-refractivity contribution in [2.75, 3.05) is 24.7 Å². The van der Waals surface area contributed by atoms with Crippen molar-refractivity contribution in [1.29, 1.82) is 0 Å². The van der Waals surface area contributed by atoms with Gasteiger partial charge < -0.3 is 18.9 Å². The number of alkyl halides is 3. The van der Waals surface area contributed by atoms with Crippen LogP contribution < -0.4 is 14.4 Å². The van der Waals surface area contributed by atoms with Crippen molar-refractivity contribution in [3.8, 4) is 11.5 Å². The predicted molar refractivity (Wildman–Crippen MR) is 103 cm³/mol. The monoisotopic (exact) mass is 417 g/mol. The van der Waals surface area contributed by atoms with Gasteiger partial charge in [0.05, 0.1) is 11.0 Å². The number of imidazole rings is 1. The van der Waals surface area contributed by atoms with Gasteiger partial charge in [-0.3, -0.25) is 4.79 Å². The minimum Gasteiger partial charge on any atom is -0.486 e. The molecule has 1 amide bonds. The summed E-state index contributed by atoms with van der Waals surface area (Å²) in [4.78, 5) is 18.4. The van der Waals surface area contributed by atoms with Crippen LogP contribution in [0.4, 0.5) is 18.9 Å². The second-order valence-corrected chi connectivity index (χ2v) is 7.28. The zero-order valence-corrected chi connectivity index (χ0v) is 15.9. The van der Waals surface area contributed by atoms with E-state index in [1.165, 1.54) is 12.1 Å². The molecule has 156 valence electrons. The SMILES string of the molecule is O=C(Cn1c(C(F)(F)F)nc2cc3c(cc21)OCCO3)N1CCCc2ccccc21. The van der Waals surface area contributed by atoms with E-state index in [4.69, 9.17) is 9.47 Å². The van der Waals surface area contributed by atoms with Crippen molar-refractivity contribution in [2.45, 2.75) is 25.6 Å². The van der Waals surface area contributed by atoms with Crippen LogP contribution in [0.2, 0.25) is 0 Å². The molecule has 0 saturated heterocycles. The Hall–Kier alpha value is -3.23. The van der Waals surface area contributed by atoms with Crippen molar-refractivity contribution in [3.63, 3.8) is 0 Å². The van der Waals surface area contributed by atoms with E-state index >= 15 is 0 Å². The number of aryl methyl sites for hydroxylation is 1. The van der Waals surface area contributed by atoms with Gasteiger partial charge in [0.2, 0.25) is 11.7 Å². The number of amides is 1. The van der Waals surface area contributed by atoms with Gasteiger partial charge in [-0.25, -0.2) is 4.98 Å². The van der Waals surface area contributed by atoms with Crippen LogP contribution in [0.25, 0.3) is 11.0 Å². The molecule has 3 heterocycles. The summed E-state index contributed by atoms with van der Waals surface area (Å²) in [5.41, 5.74) is 2.06. The first-order chi connectivity index (χ1) is 14.4. The minimum absolute atomic E-state index is 0.110. The number of ether oxygens (including phenoxy) is 2. The first-order valence-corrected chi connectivity index (χ1v) is 9.67. The normalized spacial score (nSPS) is 15.9. The highest BCUT2D eigenvalue weighted by Gasteiger charge is 2.39. The molecule has 0 fully saturated rings. The molecule has 0 atom stereocenters. The highest BCUT2D eigenvalue weighted by atomic mass is 19.4. The Kier molecular flexibility index (Phi) is 4.34. The zero-order chi connectivity index (χ0) is 20.9. The number of nitrogens with zero attached hydrogens (tertiary/aromatic N) is 3. The lowest BCUT2D eigenvalue weighted by atomic mass is 10.0. The second kappa shape index (κ2) is 6.93. The third-order valence-electron chi connectivity index (χ3n) is 5.37. The number of fused-ring (bicyclic) bond motifs is 3. The van der Waals surface area contributed by atoms with E-state index < -0.39 is 24.5 Å². The Labute approximate surface area is 169 Å². The maximum Gasteiger partial charge on any atom is 0.449 e. The van der Waals surface area contributed by atoms with Crippen LogP contribution in [0, 0.1) is 0 Å². The van der Waals surface area contributed by atoms with Crippen LogP contribution in [0.15, 0.2) is 36.4 Å². The molecule has 0 unspecified atom stereocenters. The van der Waals surface area contributed by atoms with Crippen LogP contribution >= 0.6 is 0 Å². The van der Waals surface area contributed by atoms with Gasteiger partial charge in [-0.1, -0.05) is 18.2 Å². The van der Waals surface area contributed by atoms with Crippen LogP contribution in [0.1, 0.15) is 17.8 Å².